The molecule has 1 saturated carbocycles. The van der Waals surface area contributed by atoms with E-state index in [1.807, 2.05) is 11.8 Å². The van der Waals surface area contributed by atoms with E-state index in [1.165, 1.54) is 37.8 Å². The number of thioether (sulfide) groups is 1. The average molecular weight is 287 g/mol. The first kappa shape index (κ1) is 14.3. The average Bonchev–Trinajstić information content (AvgIpc) is 2.87. The Morgan fingerprint density at radius 3 is 2.94 bits per heavy atom. The minimum atomic E-state index is 0.627. The zero-order valence-corrected chi connectivity index (χ0v) is 12.7. The minimum absolute atomic E-state index is 0.627. The van der Waals surface area contributed by atoms with Crippen LogP contribution in [-0.2, 0) is 5.75 Å². The SMILES string of the molecule is CC(CCCl)SCc1ccn(C2CCCCC2)n1. The highest BCUT2D eigenvalue weighted by atomic mass is 35.5. The largest absolute Gasteiger partial charge is 0.269 e. The number of rotatable bonds is 6. The quantitative estimate of drug-likeness (QED) is 0.709. The highest BCUT2D eigenvalue weighted by molar-refractivity contribution is 7.99. The lowest BCUT2D eigenvalue weighted by molar-refractivity contribution is 0.328. The van der Waals surface area contributed by atoms with E-state index in [-0.39, 0.29) is 0 Å². The summed E-state index contributed by atoms with van der Waals surface area (Å²) in [5.41, 5.74) is 1.21. The Morgan fingerprint density at radius 2 is 2.22 bits per heavy atom. The second-order valence-corrected chi connectivity index (χ2v) is 6.98. The maximum absolute atomic E-state index is 5.75. The van der Waals surface area contributed by atoms with Gasteiger partial charge in [-0.1, -0.05) is 26.2 Å². The lowest BCUT2D eigenvalue weighted by Gasteiger charge is -2.21. The monoisotopic (exact) mass is 286 g/mol. The molecule has 0 aliphatic heterocycles. The van der Waals surface area contributed by atoms with E-state index < -0.39 is 0 Å². The first-order valence-electron chi connectivity index (χ1n) is 7.01. The van der Waals surface area contributed by atoms with Crippen LogP contribution in [0.2, 0.25) is 0 Å². The maximum Gasteiger partial charge on any atom is 0.0723 e. The molecule has 2 rings (SSSR count). The molecule has 1 aromatic rings. The molecule has 1 fully saturated rings. The van der Waals surface area contributed by atoms with Crippen LogP contribution in [0.1, 0.15) is 57.2 Å². The Morgan fingerprint density at radius 1 is 1.44 bits per heavy atom. The number of hydrogen-bond acceptors (Lipinski definition) is 2. The summed E-state index contributed by atoms with van der Waals surface area (Å²) in [4.78, 5) is 0. The number of alkyl halides is 1. The molecule has 1 aliphatic carbocycles. The van der Waals surface area contributed by atoms with E-state index in [0.29, 0.717) is 11.3 Å². The molecule has 1 unspecified atom stereocenters. The van der Waals surface area contributed by atoms with Crippen molar-refractivity contribution in [2.24, 2.45) is 0 Å². The molecule has 0 aromatic carbocycles. The van der Waals surface area contributed by atoms with Crippen molar-refractivity contribution in [3.05, 3.63) is 18.0 Å². The zero-order chi connectivity index (χ0) is 12.8. The fraction of sp³-hybridized carbons (Fsp3) is 0.786. The molecule has 2 nitrogen and oxygen atoms in total. The van der Waals surface area contributed by atoms with Gasteiger partial charge in [-0.15, -0.1) is 11.6 Å². The normalized spacial score (nSPS) is 19.0. The van der Waals surface area contributed by atoms with Gasteiger partial charge >= 0.3 is 0 Å². The van der Waals surface area contributed by atoms with Gasteiger partial charge in [-0.2, -0.15) is 16.9 Å². The van der Waals surface area contributed by atoms with Crippen LogP contribution in [0, 0.1) is 0 Å². The molecule has 1 heterocycles. The van der Waals surface area contributed by atoms with Crippen molar-refractivity contribution >= 4 is 23.4 Å². The number of nitrogens with zero attached hydrogens (tertiary/aromatic N) is 2. The third-order valence-corrected chi connectivity index (χ3v) is 5.13. The van der Waals surface area contributed by atoms with Gasteiger partial charge in [0.2, 0.25) is 0 Å². The molecule has 18 heavy (non-hydrogen) atoms. The van der Waals surface area contributed by atoms with Crippen LogP contribution >= 0.6 is 23.4 Å². The van der Waals surface area contributed by atoms with Crippen molar-refractivity contribution in [2.75, 3.05) is 5.88 Å². The third kappa shape index (κ3) is 4.20. The lowest BCUT2D eigenvalue weighted by atomic mass is 9.96. The van der Waals surface area contributed by atoms with Crippen LogP contribution < -0.4 is 0 Å². The van der Waals surface area contributed by atoms with E-state index in [9.17, 15) is 0 Å². The fourth-order valence-electron chi connectivity index (χ4n) is 2.47. The van der Waals surface area contributed by atoms with Crippen molar-refractivity contribution in [3.8, 4) is 0 Å². The van der Waals surface area contributed by atoms with Crippen LogP contribution in [0.15, 0.2) is 12.3 Å². The Kier molecular flexibility index (Phi) is 5.90. The van der Waals surface area contributed by atoms with Crippen molar-refractivity contribution < 1.29 is 0 Å². The third-order valence-electron chi connectivity index (χ3n) is 3.64. The predicted molar refractivity (Wildman–Crippen MR) is 80.4 cm³/mol. The topological polar surface area (TPSA) is 17.8 Å². The summed E-state index contributed by atoms with van der Waals surface area (Å²) < 4.78 is 2.20. The van der Waals surface area contributed by atoms with E-state index in [0.717, 1.165) is 18.1 Å². The summed E-state index contributed by atoms with van der Waals surface area (Å²) in [7, 11) is 0. The molecule has 0 amide bonds. The lowest BCUT2D eigenvalue weighted by Crippen LogP contribution is -2.13. The van der Waals surface area contributed by atoms with Crippen LogP contribution in [0.3, 0.4) is 0 Å². The Bertz CT molecular complexity index is 347. The van der Waals surface area contributed by atoms with Crippen molar-refractivity contribution in [1.82, 2.24) is 9.78 Å². The molecule has 1 atom stereocenters. The molecule has 1 aliphatic rings. The molecular weight excluding hydrogens is 264 g/mol. The first-order chi connectivity index (χ1) is 8.79. The molecule has 0 bridgehead atoms. The molecule has 0 saturated heterocycles. The highest BCUT2D eigenvalue weighted by Crippen LogP contribution is 2.28. The summed E-state index contributed by atoms with van der Waals surface area (Å²) in [6.45, 7) is 2.24. The number of aromatic nitrogens is 2. The van der Waals surface area contributed by atoms with Crippen LogP contribution in [-0.4, -0.2) is 20.9 Å². The van der Waals surface area contributed by atoms with Gasteiger partial charge in [0.15, 0.2) is 0 Å². The maximum atomic E-state index is 5.75. The summed E-state index contributed by atoms with van der Waals surface area (Å²) in [6, 6.07) is 2.83. The van der Waals surface area contributed by atoms with E-state index in [1.54, 1.807) is 0 Å². The van der Waals surface area contributed by atoms with Gasteiger partial charge < -0.3 is 0 Å². The summed E-state index contributed by atoms with van der Waals surface area (Å²) in [5, 5.41) is 5.36. The van der Waals surface area contributed by atoms with Gasteiger partial charge in [-0.3, -0.25) is 4.68 Å². The molecule has 4 heteroatoms. The molecular formula is C14H23ClN2S. The molecule has 0 radical (unpaired) electrons. The van der Waals surface area contributed by atoms with Crippen LogP contribution in [0.5, 0.6) is 0 Å². The van der Waals surface area contributed by atoms with Gasteiger partial charge in [0.1, 0.15) is 0 Å². The number of hydrogen-bond donors (Lipinski definition) is 0. The van der Waals surface area contributed by atoms with Crippen LogP contribution in [0.25, 0.3) is 0 Å². The van der Waals surface area contributed by atoms with E-state index in [4.69, 9.17) is 16.7 Å². The number of halogens is 1. The van der Waals surface area contributed by atoms with Crippen LogP contribution in [0.4, 0.5) is 0 Å². The zero-order valence-electron chi connectivity index (χ0n) is 11.1. The van der Waals surface area contributed by atoms with E-state index >= 15 is 0 Å². The molecule has 102 valence electrons. The highest BCUT2D eigenvalue weighted by Gasteiger charge is 2.16. The second-order valence-electron chi connectivity index (χ2n) is 5.18. The van der Waals surface area contributed by atoms with Crippen molar-refractivity contribution in [3.63, 3.8) is 0 Å². The Hall–Kier alpha value is -0.150. The van der Waals surface area contributed by atoms with Gasteiger partial charge in [0.05, 0.1) is 11.7 Å². The van der Waals surface area contributed by atoms with Gasteiger partial charge in [-0.05, 0) is 25.3 Å². The van der Waals surface area contributed by atoms with Gasteiger partial charge in [0, 0.05) is 23.1 Å². The summed E-state index contributed by atoms with van der Waals surface area (Å²) >= 11 is 7.70. The fourth-order valence-corrected chi connectivity index (χ4v) is 3.82. The minimum Gasteiger partial charge on any atom is -0.269 e. The first-order valence-corrected chi connectivity index (χ1v) is 8.59. The van der Waals surface area contributed by atoms with Gasteiger partial charge in [-0.25, -0.2) is 0 Å². The smallest absolute Gasteiger partial charge is 0.0723 e. The Balaban J connectivity index is 1.82. The standard InChI is InChI=1S/C14H23ClN2S/c1-12(7-9-15)18-11-13-8-10-17(16-13)14-5-3-2-4-6-14/h8,10,12,14H,2-7,9,11H2,1H3. The van der Waals surface area contributed by atoms with Crippen molar-refractivity contribution in [1.29, 1.82) is 0 Å². The second kappa shape index (κ2) is 7.44. The molecule has 1 aromatic heterocycles. The summed E-state index contributed by atoms with van der Waals surface area (Å²) in [6.07, 6.45) is 9.97. The molecule has 0 spiro atoms. The predicted octanol–water partition coefficient (Wildman–Crippen LogP) is 4.64. The van der Waals surface area contributed by atoms with Crippen molar-refractivity contribution in [2.45, 2.75) is 62.5 Å². The summed E-state index contributed by atoms with van der Waals surface area (Å²) in [5.74, 6) is 1.77. The Labute approximate surface area is 119 Å². The van der Waals surface area contributed by atoms with Gasteiger partial charge in [0.25, 0.3) is 0 Å². The molecule has 0 N–H and O–H groups in total. The van der Waals surface area contributed by atoms with E-state index in [2.05, 4.69) is 23.9 Å².